The Balaban J connectivity index is 1.57. The van der Waals surface area contributed by atoms with Crippen molar-refractivity contribution in [3.8, 4) is 0 Å². The second kappa shape index (κ2) is 9.37. The molecule has 1 saturated heterocycles. The molecule has 2 aromatic carbocycles. The zero-order chi connectivity index (χ0) is 19.9. The van der Waals surface area contributed by atoms with Crippen molar-refractivity contribution < 1.29 is 19.4 Å². The van der Waals surface area contributed by atoms with Gasteiger partial charge in [0.05, 0.1) is 0 Å². The molecular weight excluding hydrogens is 356 g/mol. The molecule has 1 N–H and O–H groups in total. The molecule has 28 heavy (non-hydrogen) atoms. The van der Waals surface area contributed by atoms with E-state index in [4.69, 9.17) is 4.74 Å². The standard InChI is InChI=1S/C22H26N2O4/c1-23(15-14-17-8-4-2-5-9-17)21(26)19-12-13-20(25)24(19)22(27)28-16-18-10-6-3-7-11-18/h2-11,19-20,25H,12-16H2,1H3/t19-,20?/m0/s1. The molecule has 0 spiro atoms. The summed E-state index contributed by atoms with van der Waals surface area (Å²) in [6, 6.07) is 18.6. The second-order valence-corrected chi connectivity index (χ2v) is 7.02. The minimum Gasteiger partial charge on any atom is -0.444 e. The summed E-state index contributed by atoms with van der Waals surface area (Å²) in [7, 11) is 1.73. The summed E-state index contributed by atoms with van der Waals surface area (Å²) < 4.78 is 5.33. The lowest BCUT2D eigenvalue weighted by Gasteiger charge is -2.29. The molecule has 6 nitrogen and oxygen atoms in total. The van der Waals surface area contributed by atoms with Gasteiger partial charge in [0.1, 0.15) is 18.9 Å². The molecule has 1 fully saturated rings. The number of likely N-dealkylation sites (tertiary alicyclic amines) is 1. The first-order valence-corrected chi connectivity index (χ1v) is 9.52. The van der Waals surface area contributed by atoms with Crippen LogP contribution in [0.1, 0.15) is 24.0 Å². The van der Waals surface area contributed by atoms with Crippen LogP contribution in [0.3, 0.4) is 0 Å². The number of rotatable bonds is 6. The van der Waals surface area contributed by atoms with Crippen LogP contribution in [-0.4, -0.2) is 52.8 Å². The van der Waals surface area contributed by atoms with Crippen molar-refractivity contribution in [1.29, 1.82) is 0 Å². The fraction of sp³-hybridized carbons (Fsp3) is 0.364. The molecule has 2 atom stereocenters. The van der Waals surface area contributed by atoms with Crippen LogP contribution in [-0.2, 0) is 22.6 Å². The molecule has 6 heteroatoms. The van der Waals surface area contributed by atoms with E-state index in [1.165, 1.54) is 4.90 Å². The molecule has 148 valence electrons. The van der Waals surface area contributed by atoms with Gasteiger partial charge in [0.2, 0.25) is 5.91 Å². The molecule has 0 radical (unpaired) electrons. The van der Waals surface area contributed by atoms with Crippen molar-refractivity contribution in [2.24, 2.45) is 0 Å². The maximum atomic E-state index is 12.9. The number of carbonyl (C=O) groups is 2. The van der Waals surface area contributed by atoms with E-state index in [1.54, 1.807) is 11.9 Å². The Morgan fingerprint density at radius 1 is 1.04 bits per heavy atom. The highest BCUT2D eigenvalue weighted by Crippen LogP contribution is 2.25. The molecule has 2 amide bonds. The van der Waals surface area contributed by atoms with Gasteiger partial charge in [0, 0.05) is 13.6 Å². The Kier molecular flexibility index (Phi) is 6.66. The first-order chi connectivity index (χ1) is 13.6. The zero-order valence-corrected chi connectivity index (χ0v) is 16.0. The van der Waals surface area contributed by atoms with E-state index in [0.717, 1.165) is 17.5 Å². The summed E-state index contributed by atoms with van der Waals surface area (Å²) in [5.74, 6) is -0.177. The average Bonchev–Trinajstić information content (AvgIpc) is 3.12. The summed E-state index contributed by atoms with van der Waals surface area (Å²) >= 11 is 0. The zero-order valence-electron chi connectivity index (χ0n) is 16.0. The Morgan fingerprint density at radius 3 is 2.29 bits per heavy atom. The second-order valence-electron chi connectivity index (χ2n) is 7.02. The number of aliphatic hydroxyl groups excluding tert-OH is 1. The molecule has 1 aliphatic heterocycles. The highest BCUT2D eigenvalue weighted by Gasteiger charge is 2.42. The van der Waals surface area contributed by atoms with Crippen LogP contribution in [0.15, 0.2) is 60.7 Å². The Hall–Kier alpha value is -2.86. The number of aliphatic hydroxyl groups is 1. The third-order valence-corrected chi connectivity index (χ3v) is 5.01. The van der Waals surface area contributed by atoms with Crippen LogP contribution < -0.4 is 0 Å². The number of amides is 2. The van der Waals surface area contributed by atoms with E-state index in [9.17, 15) is 14.7 Å². The van der Waals surface area contributed by atoms with E-state index in [2.05, 4.69) is 0 Å². The molecule has 0 bridgehead atoms. The average molecular weight is 382 g/mol. The monoisotopic (exact) mass is 382 g/mol. The highest BCUT2D eigenvalue weighted by atomic mass is 16.6. The quantitative estimate of drug-likeness (QED) is 0.834. The lowest BCUT2D eigenvalue weighted by atomic mass is 10.1. The van der Waals surface area contributed by atoms with Crippen molar-refractivity contribution in [2.45, 2.75) is 38.1 Å². The Labute approximate surface area is 165 Å². The van der Waals surface area contributed by atoms with Crippen LogP contribution in [0.2, 0.25) is 0 Å². The number of ether oxygens (including phenoxy) is 1. The van der Waals surface area contributed by atoms with Gasteiger partial charge in [-0.15, -0.1) is 0 Å². The van der Waals surface area contributed by atoms with Crippen molar-refractivity contribution in [1.82, 2.24) is 9.80 Å². The van der Waals surface area contributed by atoms with Crippen molar-refractivity contribution in [3.05, 3.63) is 71.8 Å². The molecule has 0 aromatic heterocycles. The first-order valence-electron chi connectivity index (χ1n) is 9.52. The summed E-state index contributed by atoms with van der Waals surface area (Å²) in [6.07, 6.45) is -0.139. The molecule has 0 saturated carbocycles. The first kappa shape index (κ1) is 19.9. The van der Waals surface area contributed by atoms with Crippen LogP contribution in [0, 0.1) is 0 Å². The summed E-state index contributed by atoms with van der Waals surface area (Å²) in [6.45, 7) is 0.649. The Morgan fingerprint density at radius 2 is 1.64 bits per heavy atom. The van der Waals surface area contributed by atoms with Crippen LogP contribution in [0.4, 0.5) is 4.79 Å². The van der Waals surface area contributed by atoms with Gasteiger partial charge >= 0.3 is 6.09 Å². The number of nitrogens with zero attached hydrogens (tertiary/aromatic N) is 2. The van der Waals surface area contributed by atoms with E-state index in [0.29, 0.717) is 19.4 Å². The van der Waals surface area contributed by atoms with E-state index in [1.807, 2.05) is 60.7 Å². The van der Waals surface area contributed by atoms with Gasteiger partial charge in [-0.05, 0) is 30.4 Å². The largest absolute Gasteiger partial charge is 0.444 e. The van der Waals surface area contributed by atoms with Crippen LogP contribution in [0.5, 0.6) is 0 Å². The highest BCUT2D eigenvalue weighted by molar-refractivity contribution is 5.86. The summed E-state index contributed by atoms with van der Waals surface area (Å²) in [5, 5.41) is 10.2. The van der Waals surface area contributed by atoms with Crippen LogP contribution >= 0.6 is 0 Å². The predicted octanol–water partition coefficient (Wildman–Crippen LogP) is 2.81. The third-order valence-electron chi connectivity index (χ3n) is 5.01. The number of likely N-dealkylation sites (N-methyl/N-ethyl adjacent to an activating group) is 1. The molecule has 1 heterocycles. The van der Waals surface area contributed by atoms with Crippen molar-refractivity contribution in [2.75, 3.05) is 13.6 Å². The molecule has 1 aliphatic rings. The SMILES string of the molecule is CN(CCc1ccccc1)C(=O)[C@@H]1CCC(O)N1C(=O)OCc1ccccc1. The summed E-state index contributed by atoms with van der Waals surface area (Å²) in [5.41, 5.74) is 2.00. The fourth-order valence-corrected chi connectivity index (χ4v) is 3.38. The van der Waals surface area contributed by atoms with Gasteiger partial charge in [-0.1, -0.05) is 60.7 Å². The van der Waals surface area contributed by atoms with Crippen molar-refractivity contribution in [3.63, 3.8) is 0 Å². The maximum absolute atomic E-state index is 12.9. The van der Waals surface area contributed by atoms with E-state index < -0.39 is 18.4 Å². The van der Waals surface area contributed by atoms with Gasteiger partial charge in [-0.3, -0.25) is 9.69 Å². The molecule has 0 aliphatic carbocycles. The minimum atomic E-state index is -1.00. The van der Waals surface area contributed by atoms with Gasteiger partial charge in [-0.2, -0.15) is 0 Å². The van der Waals surface area contributed by atoms with Crippen LogP contribution in [0.25, 0.3) is 0 Å². The number of benzene rings is 2. The van der Waals surface area contributed by atoms with Gasteiger partial charge in [0.25, 0.3) is 0 Å². The minimum absolute atomic E-state index is 0.105. The Bertz CT molecular complexity index is 782. The lowest BCUT2D eigenvalue weighted by molar-refractivity contribution is -0.136. The van der Waals surface area contributed by atoms with Crippen molar-refractivity contribution >= 4 is 12.0 Å². The third kappa shape index (κ3) is 4.89. The molecular formula is C22H26N2O4. The topological polar surface area (TPSA) is 70.1 Å². The lowest BCUT2D eigenvalue weighted by Crippen LogP contribution is -2.49. The predicted molar refractivity (Wildman–Crippen MR) is 105 cm³/mol. The maximum Gasteiger partial charge on any atom is 0.412 e. The smallest absolute Gasteiger partial charge is 0.412 e. The van der Waals surface area contributed by atoms with Gasteiger partial charge in [0.15, 0.2) is 0 Å². The molecule has 1 unspecified atom stereocenters. The van der Waals surface area contributed by atoms with E-state index >= 15 is 0 Å². The normalized spacial score (nSPS) is 18.7. The molecule has 2 aromatic rings. The van der Waals surface area contributed by atoms with Gasteiger partial charge in [-0.25, -0.2) is 4.79 Å². The summed E-state index contributed by atoms with van der Waals surface area (Å²) in [4.78, 5) is 28.2. The number of carbonyl (C=O) groups excluding carboxylic acids is 2. The van der Waals surface area contributed by atoms with E-state index in [-0.39, 0.29) is 12.5 Å². The molecule has 3 rings (SSSR count). The number of hydrogen-bond donors (Lipinski definition) is 1. The fourth-order valence-electron chi connectivity index (χ4n) is 3.38. The number of hydrogen-bond acceptors (Lipinski definition) is 4. The van der Waals surface area contributed by atoms with Gasteiger partial charge < -0.3 is 14.7 Å².